The minimum atomic E-state index is -0.0453. The lowest BCUT2D eigenvalue weighted by atomic mass is 10.2. The van der Waals surface area contributed by atoms with Crippen LogP contribution in [0.5, 0.6) is 0 Å². The summed E-state index contributed by atoms with van der Waals surface area (Å²) in [7, 11) is 0. The molecule has 4 heteroatoms. The third-order valence-corrected chi connectivity index (χ3v) is 2.14. The predicted molar refractivity (Wildman–Crippen MR) is 56.7 cm³/mol. The lowest BCUT2D eigenvalue weighted by molar-refractivity contribution is -0.119. The first kappa shape index (κ1) is 10.5. The molecule has 1 N–H and O–H groups in total. The minimum absolute atomic E-state index is 0.0453. The van der Waals surface area contributed by atoms with Gasteiger partial charge in [-0.25, -0.2) is 0 Å². The Morgan fingerprint density at radius 1 is 1.54 bits per heavy atom. The molecule has 0 aliphatic carbocycles. The van der Waals surface area contributed by atoms with Crippen molar-refractivity contribution < 1.29 is 4.79 Å². The van der Waals surface area contributed by atoms with Crippen molar-refractivity contribution in [3.05, 3.63) is 33.3 Å². The molecule has 1 aromatic carbocycles. The quantitative estimate of drug-likeness (QED) is 0.872. The van der Waals surface area contributed by atoms with Crippen molar-refractivity contribution in [1.82, 2.24) is 5.32 Å². The highest BCUT2D eigenvalue weighted by molar-refractivity contribution is 9.10. The topological polar surface area (TPSA) is 29.1 Å². The second-order valence-corrected chi connectivity index (χ2v) is 4.04. The van der Waals surface area contributed by atoms with E-state index in [9.17, 15) is 4.79 Å². The van der Waals surface area contributed by atoms with Gasteiger partial charge >= 0.3 is 0 Å². The van der Waals surface area contributed by atoms with E-state index in [2.05, 4.69) is 21.2 Å². The van der Waals surface area contributed by atoms with Crippen LogP contribution in [-0.2, 0) is 11.3 Å². The maximum Gasteiger partial charge on any atom is 0.217 e. The molecule has 0 bridgehead atoms. The van der Waals surface area contributed by atoms with E-state index in [1.54, 1.807) is 6.07 Å². The van der Waals surface area contributed by atoms with Gasteiger partial charge < -0.3 is 5.32 Å². The highest BCUT2D eigenvalue weighted by Crippen LogP contribution is 2.19. The summed E-state index contributed by atoms with van der Waals surface area (Å²) in [5.41, 5.74) is 0.981. The molecule has 0 heterocycles. The summed E-state index contributed by atoms with van der Waals surface area (Å²) in [6, 6.07) is 5.54. The monoisotopic (exact) mass is 261 g/mol. The molecule has 0 aliphatic rings. The Labute approximate surface area is 90.4 Å². The van der Waals surface area contributed by atoms with Crippen LogP contribution in [0.25, 0.3) is 0 Å². The van der Waals surface area contributed by atoms with Crippen LogP contribution in [0.2, 0.25) is 5.02 Å². The molecule has 0 aromatic heterocycles. The summed E-state index contributed by atoms with van der Waals surface area (Å²) >= 11 is 9.15. The standard InChI is InChI=1S/C9H9BrClNO/c1-6(13)12-5-7-2-8(10)4-9(11)3-7/h2-4H,5H2,1H3,(H,12,13). The fraction of sp³-hybridized carbons (Fsp3) is 0.222. The molecule has 0 saturated carbocycles. The Hall–Kier alpha value is -0.540. The van der Waals surface area contributed by atoms with E-state index in [1.165, 1.54) is 6.92 Å². The van der Waals surface area contributed by atoms with Gasteiger partial charge in [-0.2, -0.15) is 0 Å². The lowest BCUT2D eigenvalue weighted by Gasteiger charge is -2.03. The van der Waals surface area contributed by atoms with Crippen molar-refractivity contribution >= 4 is 33.4 Å². The smallest absolute Gasteiger partial charge is 0.217 e. The number of amides is 1. The molecule has 0 spiro atoms. The third kappa shape index (κ3) is 3.79. The summed E-state index contributed by atoms with van der Waals surface area (Å²) < 4.78 is 0.917. The van der Waals surface area contributed by atoms with Gasteiger partial charge in [0.05, 0.1) is 0 Å². The molecule has 0 saturated heterocycles. The van der Waals surface area contributed by atoms with E-state index >= 15 is 0 Å². The molecule has 0 unspecified atom stereocenters. The van der Waals surface area contributed by atoms with Crippen molar-refractivity contribution in [2.75, 3.05) is 0 Å². The molecule has 1 amide bonds. The molecular weight excluding hydrogens is 253 g/mol. The molecule has 0 atom stereocenters. The van der Waals surface area contributed by atoms with Gasteiger partial charge in [0.25, 0.3) is 0 Å². The van der Waals surface area contributed by atoms with Crippen molar-refractivity contribution in [3.63, 3.8) is 0 Å². The first-order valence-electron chi connectivity index (χ1n) is 3.77. The molecule has 1 aromatic rings. The molecule has 0 aliphatic heterocycles. The fourth-order valence-corrected chi connectivity index (χ4v) is 1.87. The number of carbonyl (C=O) groups excluding carboxylic acids is 1. The highest BCUT2D eigenvalue weighted by Gasteiger charge is 1.98. The lowest BCUT2D eigenvalue weighted by Crippen LogP contribution is -2.18. The van der Waals surface area contributed by atoms with Crippen LogP contribution in [-0.4, -0.2) is 5.91 Å². The Balaban J connectivity index is 2.71. The minimum Gasteiger partial charge on any atom is -0.352 e. The van der Waals surface area contributed by atoms with Gasteiger partial charge in [-0.1, -0.05) is 27.5 Å². The van der Waals surface area contributed by atoms with E-state index in [1.807, 2.05) is 12.1 Å². The van der Waals surface area contributed by atoms with Crippen LogP contribution in [0.4, 0.5) is 0 Å². The number of hydrogen-bond donors (Lipinski definition) is 1. The Morgan fingerprint density at radius 2 is 2.23 bits per heavy atom. The van der Waals surface area contributed by atoms with E-state index in [0.717, 1.165) is 10.0 Å². The number of halogens is 2. The van der Waals surface area contributed by atoms with Crippen LogP contribution < -0.4 is 5.32 Å². The molecular formula is C9H9BrClNO. The van der Waals surface area contributed by atoms with E-state index in [-0.39, 0.29) is 5.91 Å². The molecule has 13 heavy (non-hydrogen) atoms. The van der Waals surface area contributed by atoms with Crippen LogP contribution in [0.3, 0.4) is 0 Å². The zero-order chi connectivity index (χ0) is 9.84. The van der Waals surface area contributed by atoms with Gasteiger partial charge in [0.1, 0.15) is 0 Å². The summed E-state index contributed by atoms with van der Waals surface area (Å²) in [5, 5.41) is 3.36. The molecule has 2 nitrogen and oxygen atoms in total. The summed E-state index contributed by atoms with van der Waals surface area (Å²) in [6.07, 6.45) is 0. The van der Waals surface area contributed by atoms with Crippen LogP contribution >= 0.6 is 27.5 Å². The molecule has 70 valence electrons. The Morgan fingerprint density at radius 3 is 2.77 bits per heavy atom. The third-order valence-electron chi connectivity index (χ3n) is 1.46. The maximum absolute atomic E-state index is 10.6. The number of rotatable bonds is 2. The number of nitrogens with one attached hydrogen (secondary N) is 1. The van der Waals surface area contributed by atoms with Gasteiger partial charge in [-0.05, 0) is 23.8 Å². The average Bonchev–Trinajstić information content (AvgIpc) is 1.99. The van der Waals surface area contributed by atoms with Gasteiger partial charge in [-0.15, -0.1) is 0 Å². The number of hydrogen-bond acceptors (Lipinski definition) is 1. The van der Waals surface area contributed by atoms with Gasteiger partial charge in [0, 0.05) is 23.0 Å². The molecule has 0 radical (unpaired) electrons. The fourth-order valence-electron chi connectivity index (χ4n) is 0.940. The second-order valence-electron chi connectivity index (χ2n) is 2.69. The predicted octanol–water partition coefficient (Wildman–Crippen LogP) is 2.74. The maximum atomic E-state index is 10.6. The number of benzene rings is 1. The Kier molecular flexibility index (Phi) is 3.75. The average molecular weight is 263 g/mol. The second kappa shape index (κ2) is 4.63. The summed E-state index contributed by atoms with van der Waals surface area (Å²) in [5.74, 6) is -0.0453. The Bertz CT molecular complexity index is 307. The SMILES string of the molecule is CC(=O)NCc1cc(Cl)cc(Br)c1. The molecule has 0 fully saturated rings. The normalized spacial score (nSPS) is 9.77. The van der Waals surface area contributed by atoms with Crippen molar-refractivity contribution in [1.29, 1.82) is 0 Å². The van der Waals surface area contributed by atoms with E-state index in [0.29, 0.717) is 11.6 Å². The summed E-state index contributed by atoms with van der Waals surface area (Å²) in [4.78, 5) is 10.6. The van der Waals surface area contributed by atoms with Gasteiger partial charge in [-0.3, -0.25) is 4.79 Å². The largest absolute Gasteiger partial charge is 0.352 e. The first-order chi connectivity index (χ1) is 6.08. The van der Waals surface area contributed by atoms with Gasteiger partial charge in [0.15, 0.2) is 0 Å². The van der Waals surface area contributed by atoms with Crippen LogP contribution in [0.1, 0.15) is 12.5 Å². The van der Waals surface area contributed by atoms with Crippen LogP contribution in [0, 0.1) is 0 Å². The van der Waals surface area contributed by atoms with E-state index in [4.69, 9.17) is 11.6 Å². The van der Waals surface area contributed by atoms with Gasteiger partial charge in [0.2, 0.25) is 5.91 Å². The zero-order valence-electron chi connectivity index (χ0n) is 7.10. The molecule has 1 rings (SSSR count). The van der Waals surface area contributed by atoms with Crippen molar-refractivity contribution in [2.24, 2.45) is 0 Å². The van der Waals surface area contributed by atoms with Crippen molar-refractivity contribution in [3.8, 4) is 0 Å². The van der Waals surface area contributed by atoms with Crippen molar-refractivity contribution in [2.45, 2.75) is 13.5 Å². The first-order valence-corrected chi connectivity index (χ1v) is 4.94. The number of carbonyl (C=O) groups is 1. The van der Waals surface area contributed by atoms with Crippen LogP contribution in [0.15, 0.2) is 22.7 Å². The highest BCUT2D eigenvalue weighted by atomic mass is 79.9. The van der Waals surface area contributed by atoms with E-state index < -0.39 is 0 Å². The zero-order valence-corrected chi connectivity index (χ0v) is 9.45. The summed E-state index contributed by atoms with van der Waals surface area (Å²) in [6.45, 7) is 1.99.